The molecule has 168 valence electrons. The lowest BCUT2D eigenvalue weighted by atomic mass is 9.86. The fraction of sp³-hybridized carbons (Fsp3) is 0.179. The minimum atomic E-state index is -0.604. The predicted octanol–water partition coefficient (Wildman–Crippen LogP) is 4.20. The number of hydrazone groups is 1. The van der Waals surface area contributed by atoms with Crippen molar-refractivity contribution in [2.24, 2.45) is 5.10 Å². The van der Waals surface area contributed by atoms with E-state index in [0.29, 0.717) is 6.42 Å². The Morgan fingerprint density at radius 2 is 1.68 bits per heavy atom. The van der Waals surface area contributed by atoms with Gasteiger partial charge in [-0.2, -0.15) is 5.10 Å². The number of benzene rings is 3. The van der Waals surface area contributed by atoms with Gasteiger partial charge in [0, 0.05) is 23.0 Å². The number of carbonyl (C=O) groups excluding carboxylic acids is 2. The quantitative estimate of drug-likeness (QED) is 0.478. The normalized spacial score (nSPS) is 20.1. The van der Waals surface area contributed by atoms with E-state index in [1.165, 1.54) is 5.01 Å². The van der Waals surface area contributed by atoms with Gasteiger partial charge in [-0.25, -0.2) is 5.01 Å². The average Bonchev–Trinajstić information content (AvgIpc) is 3.24. The Labute approximate surface area is 197 Å². The molecule has 6 rings (SSSR count). The van der Waals surface area contributed by atoms with Crippen molar-refractivity contribution >= 4 is 28.9 Å². The van der Waals surface area contributed by atoms with Crippen LogP contribution in [0.1, 0.15) is 34.0 Å². The molecule has 0 bridgehead atoms. The van der Waals surface area contributed by atoms with Gasteiger partial charge >= 0.3 is 0 Å². The third-order valence-corrected chi connectivity index (χ3v) is 6.88. The van der Waals surface area contributed by atoms with Crippen molar-refractivity contribution in [2.75, 3.05) is 6.54 Å². The van der Waals surface area contributed by atoms with Crippen LogP contribution >= 0.6 is 0 Å². The summed E-state index contributed by atoms with van der Waals surface area (Å²) in [5.41, 5.74) is 6.07. The number of amides is 2. The van der Waals surface area contributed by atoms with Crippen LogP contribution in [0.25, 0.3) is 10.9 Å². The first-order valence-electron chi connectivity index (χ1n) is 11.5. The molecule has 6 heteroatoms. The standard InChI is InChI=1S/C28H24N4O2/c1-18-9-5-6-12-20(18)16-29-31-17-25(33)32-24(28(31)34)15-22-21-13-7-8-14-23(21)30-26(22)27(32)19-10-3-2-4-11-19/h2-14,16,24,27,30H,15,17H2,1H3/t24-,27?/m0/s1. The van der Waals surface area contributed by atoms with Crippen molar-refractivity contribution in [3.8, 4) is 0 Å². The number of piperazine rings is 1. The number of fused-ring (bicyclic) bond motifs is 4. The molecule has 1 saturated heterocycles. The summed E-state index contributed by atoms with van der Waals surface area (Å²) in [6, 6.07) is 24.9. The molecule has 6 nitrogen and oxygen atoms in total. The SMILES string of the molecule is Cc1ccccc1C=NN1CC(=O)N2C(c3ccccc3)c3[nH]c4ccccc4c3C[C@H]2C1=O. The van der Waals surface area contributed by atoms with E-state index in [2.05, 4.69) is 16.2 Å². The fourth-order valence-corrected chi connectivity index (χ4v) is 5.19. The number of aromatic amines is 1. The molecular weight excluding hydrogens is 424 g/mol. The molecule has 1 N–H and O–H groups in total. The van der Waals surface area contributed by atoms with Gasteiger partial charge in [0.1, 0.15) is 12.6 Å². The molecule has 0 radical (unpaired) electrons. The second kappa shape index (κ2) is 7.99. The highest BCUT2D eigenvalue weighted by molar-refractivity contribution is 5.98. The van der Waals surface area contributed by atoms with Crippen molar-refractivity contribution in [1.82, 2.24) is 14.9 Å². The molecule has 2 aliphatic heterocycles. The largest absolute Gasteiger partial charge is 0.356 e. The third kappa shape index (κ3) is 3.22. The van der Waals surface area contributed by atoms with Gasteiger partial charge < -0.3 is 9.88 Å². The fourth-order valence-electron chi connectivity index (χ4n) is 5.19. The number of H-pyrrole nitrogens is 1. The van der Waals surface area contributed by atoms with Gasteiger partial charge in [0.15, 0.2) is 0 Å². The number of hydrogen-bond donors (Lipinski definition) is 1. The van der Waals surface area contributed by atoms with Crippen LogP contribution in [0.5, 0.6) is 0 Å². The van der Waals surface area contributed by atoms with Crippen LogP contribution in [0, 0.1) is 6.92 Å². The van der Waals surface area contributed by atoms with E-state index in [0.717, 1.165) is 38.9 Å². The van der Waals surface area contributed by atoms with E-state index >= 15 is 0 Å². The van der Waals surface area contributed by atoms with E-state index in [-0.39, 0.29) is 24.4 Å². The Morgan fingerprint density at radius 3 is 2.50 bits per heavy atom. The maximum absolute atomic E-state index is 13.7. The number of aromatic nitrogens is 1. The van der Waals surface area contributed by atoms with Crippen LogP contribution in [0.2, 0.25) is 0 Å². The highest BCUT2D eigenvalue weighted by Gasteiger charge is 2.48. The van der Waals surface area contributed by atoms with Crippen LogP contribution in [0.3, 0.4) is 0 Å². The number of aryl methyl sites for hydroxylation is 1. The molecule has 1 fully saturated rings. The number of carbonyl (C=O) groups is 2. The van der Waals surface area contributed by atoms with Crippen molar-refractivity contribution in [1.29, 1.82) is 0 Å². The monoisotopic (exact) mass is 448 g/mol. The van der Waals surface area contributed by atoms with Gasteiger partial charge in [0.05, 0.1) is 12.3 Å². The third-order valence-electron chi connectivity index (χ3n) is 6.88. The highest BCUT2D eigenvalue weighted by Crippen LogP contribution is 2.42. The van der Waals surface area contributed by atoms with Gasteiger partial charge in [-0.3, -0.25) is 9.59 Å². The Hall–Kier alpha value is -4.19. The van der Waals surface area contributed by atoms with Crippen molar-refractivity contribution in [3.05, 3.63) is 107 Å². The van der Waals surface area contributed by atoms with E-state index in [4.69, 9.17) is 0 Å². The maximum atomic E-state index is 13.7. The number of rotatable bonds is 3. The zero-order chi connectivity index (χ0) is 23.2. The van der Waals surface area contributed by atoms with E-state index < -0.39 is 6.04 Å². The van der Waals surface area contributed by atoms with Gasteiger partial charge in [-0.1, -0.05) is 72.8 Å². The predicted molar refractivity (Wildman–Crippen MR) is 131 cm³/mol. The molecule has 4 aromatic rings. The van der Waals surface area contributed by atoms with Gasteiger partial charge in [0.25, 0.3) is 5.91 Å². The van der Waals surface area contributed by atoms with Crippen LogP contribution in [-0.2, 0) is 16.0 Å². The maximum Gasteiger partial charge on any atom is 0.266 e. The minimum absolute atomic E-state index is 0.0728. The molecule has 1 unspecified atom stereocenters. The lowest BCUT2D eigenvalue weighted by molar-refractivity contribution is -0.158. The molecule has 2 amide bonds. The molecule has 1 aromatic heterocycles. The number of nitrogens with one attached hydrogen (secondary N) is 1. The summed E-state index contributed by atoms with van der Waals surface area (Å²) in [6.45, 7) is 1.92. The summed E-state index contributed by atoms with van der Waals surface area (Å²) in [7, 11) is 0. The Bertz CT molecular complexity index is 1440. The van der Waals surface area contributed by atoms with Crippen LogP contribution in [0.15, 0.2) is 84.0 Å². The molecule has 3 aromatic carbocycles. The Morgan fingerprint density at radius 1 is 0.941 bits per heavy atom. The molecule has 3 heterocycles. The first-order valence-corrected chi connectivity index (χ1v) is 11.5. The second-order valence-corrected chi connectivity index (χ2v) is 8.89. The van der Waals surface area contributed by atoms with Gasteiger partial charge in [0.2, 0.25) is 5.91 Å². The molecule has 2 aliphatic rings. The first kappa shape index (κ1) is 20.4. The highest BCUT2D eigenvalue weighted by atomic mass is 16.2. The van der Waals surface area contributed by atoms with Crippen LogP contribution in [-0.4, -0.2) is 45.5 Å². The first-order chi connectivity index (χ1) is 16.6. The lowest BCUT2D eigenvalue weighted by Gasteiger charge is -2.45. The average molecular weight is 449 g/mol. The summed E-state index contributed by atoms with van der Waals surface area (Å²) >= 11 is 0. The zero-order valence-corrected chi connectivity index (χ0v) is 18.8. The second-order valence-electron chi connectivity index (χ2n) is 8.89. The van der Waals surface area contributed by atoms with Crippen molar-refractivity contribution in [3.63, 3.8) is 0 Å². The van der Waals surface area contributed by atoms with Crippen molar-refractivity contribution < 1.29 is 9.59 Å². The topological polar surface area (TPSA) is 68.8 Å². The minimum Gasteiger partial charge on any atom is -0.356 e. The Kier molecular flexibility index (Phi) is 4.80. The summed E-state index contributed by atoms with van der Waals surface area (Å²) in [5.74, 6) is -0.258. The lowest BCUT2D eigenvalue weighted by Crippen LogP contribution is -2.61. The molecule has 0 spiro atoms. The smallest absolute Gasteiger partial charge is 0.266 e. The molecule has 2 atom stereocenters. The number of nitrogens with zero attached hydrogens (tertiary/aromatic N) is 3. The number of para-hydroxylation sites is 1. The zero-order valence-electron chi connectivity index (χ0n) is 18.8. The summed E-state index contributed by atoms with van der Waals surface area (Å²) < 4.78 is 0. The molecule has 0 aliphatic carbocycles. The summed E-state index contributed by atoms with van der Waals surface area (Å²) in [5, 5.41) is 6.87. The summed E-state index contributed by atoms with van der Waals surface area (Å²) in [4.78, 5) is 32.5. The van der Waals surface area contributed by atoms with Crippen LogP contribution < -0.4 is 0 Å². The van der Waals surface area contributed by atoms with Crippen LogP contribution in [0.4, 0.5) is 0 Å². The number of hydrogen-bond acceptors (Lipinski definition) is 3. The van der Waals surface area contributed by atoms with E-state index in [1.807, 2.05) is 79.7 Å². The van der Waals surface area contributed by atoms with E-state index in [9.17, 15) is 9.59 Å². The van der Waals surface area contributed by atoms with Crippen molar-refractivity contribution in [2.45, 2.75) is 25.4 Å². The molecular formula is C28H24N4O2. The summed E-state index contributed by atoms with van der Waals surface area (Å²) in [6.07, 6.45) is 2.13. The van der Waals surface area contributed by atoms with Gasteiger partial charge in [-0.15, -0.1) is 0 Å². The van der Waals surface area contributed by atoms with Gasteiger partial charge in [-0.05, 0) is 35.2 Å². The molecule has 34 heavy (non-hydrogen) atoms. The van der Waals surface area contributed by atoms with E-state index in [1.54, 1.807) is 11.1 Å². The molecule has 0 saturated carbocycles. The Balaban J connectivity index is 1.44.